The van der Waals surface area contributed by atoms with Gasteiger partial charge in [-0.3, -0.25) is 9.59 Å². The number of rotatable bonds is 0. The van der Waals surface area contributed by atoms with Crippen LogP contribution in [0.15, 0.2) is 12.1 Å². The van der Waals surface area contributed by atoms with Crippen molar-refractivity contribution in [2.75, 3.05) is 13.1 Å². The lowest BCUT2D eigenvalue weighted by Gasteiger charge is -2.44. The fraction of sp³-hybridized carbons (Fsp3) is 0.529. The van der Waals surface area contributed by atoms with Crippen LogP contribution in [0.4, 0.5) is 13.2 Å². The number of carbonyl (C=O) groups is 2. The molecule has 0 unspecified atom stereocenters. The number of fused-ring (bicyclic) bond motifs is 1. The number of ether oxygens (including phenoxy) is 1. The maximum atomic E-state index is 12.5. The molecule has 1 fully saturated rings. The number of carbonyl (C=O) groups excluding carboxylic acids is 2. The number of nitrogens with zero attached hydrogens (tertiary/aromatic N) is 1. The van der Waals surface area contributed by atoms with Crippen LogP contribution in [-0.2, 0) is 4.79 Å². The molecule has 0 bridgehead atoms. The predicted molar refractivity (Wildman–Crippen MR) is 80.1 cm³/mol. The van der Waals surface area contributed by atoms with Gasteiger partial charge in [0.25, 0.3) is 0 Å². The number of Topliss-reactive ketones (excluding diaryl/α,β-unsaturated/α-hetero) is 1. The molecule has 0 aromatic heterocycles. The summed E-state index contributed by atoms with van der Waals surface area (Å²) in [4.78, 5) is 24.6. The maximum absolute atomic E-state index is 12.5. The minimum absolute atomic E-state index is 0.0568. The number of hydrogen-bond acceptors (Lipinski definition) is 3. The minimum atomic E-state index is -4.87. The molecule has 1 aromatic rings. The van der Waals surface area contributed by atoms with E-state index in [2.05, 4.69) is 0 Å². The van der Waals surface area contributed by atoms with Crippen molar-refractivity contribution in [3.63, 3.8) is 0 Å². The molecular formula is C17H18F3NO3. The summed E-state index contributed by atoms with van der Waals surface area (Å²) >= 11 is 0. The van der Waals surface area contributed by atoms with Crippen LogP contribution < -0.4 is 4.74 Å². The van der Waals surface area contributed by atoms with Crippen LogP contribution in [0.1, 0.15) is 40.7 Å². The molecule has 1 aromatic carbocycles. The molecule has 1 saturated heterocycles. The van der Waals surface area contributed by atoms with Gasteiger partial charge in [-0.15, -0.1) is 0 Å². The van der Waals surface area contributed by atoms with Crippen molar-refractivity contribution in [3.05, 3.63) is 28.8 Å². The third-order valence-corrected chi connectivity index (χ3v) is 4.73. The van der Waals surface area contributed by atoms with Crippen LogP contribution in [0, 0.1) is 13.8 Å². The molecule has 2 aliphatic heterocycles. The average molecular weight is 341 g/mol. The monoisotopic (exact) mass is 341 g/mol. The van der Waals surface area contributed by atoms with Crippen molar-refractivity contribution in [3.8, 4) is 5.75 Å². The van der Waals surface area contributed by atoms with Crippen LogP contribution in [0.2, 0.25) is 0 Å². The SMILES string of the molecule is Cc1cc(C)c2c(c1)C(=O)CC1(CCN(C(=O)C(F)(F)F)CC1)O2. The first kappa shape index (κ1) is 16.8. The zero-order chi connectivity index (χ0) is 17.7. The van der Waals surface area contributed by atoms with Gasteiger partial charge in [-0.2, -0.15) is 13.2 Å². The Morgan fingerprint density at radius 1 is 1.21 bits per heavy atom. The summed E-state index contributed by atoms with van der Waals surface area (Å²) in [6, 6.07) is 3.69. The number of aryl methyl sites for hydroxylation is 2. The van der Waals surface area contributed by atoms with Crippen molar-refractivity contribution in [1.82, 2.24) is 4.90 Å². The molecule has 0 aliphatic carbocycles. The van der Waals surface area contributed by atoms with Gasteiger partial charge in [0.1, 0.15) is 11.4 Å². The van der Waals surface area contributed by atoms with E-state index in [0.29, 0.717) is 11.3 Å². The first-order chi connectivity index (χ1) is 11.1. The standard InChI is InChI=1S/C17H18F3NO3/c1-10-7-11(2)14-12(8-10)13(22)9-16(24-14)3-5-21(6-4-16)15(23)17(18,19)20/h7-8H,3-6,9H2,1-2H3. The van der Waals surface area contributed by atoms with Crippen LogP contribution in [0.3, 0.4) is 0 Å². The van der Waals surface area contributed by atoms with Gasteiger partial charge >= 0.3 is 12.1 Å². The number of piperidine rings is 1. The van der Waals surface area contributed by atoms with E-state index >= 15 is 0 Å². The molecule has 7 heteroatoms. The minimum Gasteiger partial charge on any atom is -0.486 e. The van der Waals surface area contributed by atoms with Crippen LogP contribution in [0.5, 0.6) is 5.75 Å². The summed E-state index contributed by atoms with van der Waals surface area (Å²) in [6.07, 6.45) is -4.30. The zero-order valence-electron chi connectivity index (χ0n) is 13.5. The van der Waals surface area contributed by atoms with E-state index in [4.69, 9.17) is 4.74 Å². The van der Waals surface area contributed by atoms with Crippen molar-refractivity contribution in [2.45, 2.75) is 44.9 Å². The van der Waals surface area contributed by atoms with E-state index < -0.39 is 17.7 Å². The molecule has 0 atom stereocenters. The average Bonchev–Trinajstić information content (AvgIpc) is 2.48. The Morgan fingerprint density at radius 3 is 2.42 bits per heavy atom. The second-order valence-electron chi connectivity index (χ2n) is 6.63. The smallest absolute Gasteiger partial charge is 0.471 e. The normalized spacial score (nSPS) is 19.9. The van der Waals surface area contributed by atoms with Crippen molar-refractivity contribution in [2.24, 2.45) is 0 Å². The number of alkyl halides is 3. The summed E-state index contributed by atoms with van der Waals surface area (Å²) in [7, 11) is 0. The van der Waals surface area contributed by atoms with Crippen molar-refractivity contribution >= 4 is 11.7 Å². The third kappa shape index (κ3) is 2.87. The Morgan fingerprint density at radius 2 is 1.83 bits per heavy atom. The molecule has 0 N–H and O–H groups in total. The molecule has 2 aliphatic rings. The van der Waals surface area contributed by atoms with Crippen molar-refractivity contribution < 1.29 is 27.5 Å². The molecule has 24 heavy (non-hydrogen) atoms. The molecule has 0 radical (unpaired) electrons. The molecule has 2 heterocycles. The van der Waals surface area contributed by atoms with Gasteiger partial charge in [-0.25, -0.2) is 0 Å². The van der Waals surface area contributed by atoms with E-state index in [-0.39, 0.29) is 38.1 Å². The largest absolute Gasteiger partial charge is 0.486 e. The number of likely N-dealkylation sites (tertiary alicyclic amines) is 1. The topological polar surface area (TPSA) is 46.6 Å². The predicted octanol–water partition coefficient (Wildman–Crippen LogP) is 3.19. The summed E-state index contributed by atoms with van der Waals surface area (Å²) in [6.45, 7) is 3.62. The lowest BCUT2D eigenvalue weighted by atomic mass is 9.81. The Labute approximate surface area is 137 Å². The molecule has 0 saturated carbocycles. The first-order valence-electron chi connectivity index (χ1n) is 7.81. The Balaban J connectivity index is 1.80. The molecular weight excluding hydrogens is 323 g/mol. The molecule has 130 valence electrons. The second-order valence-corrected chi connectivity index (χ2v) is 6.63. The fourth-order valence-corrected chi connectivity index (χ4v) is 3.51. The highest BCUT2D eigenvalue weighted by Gasteiger charge is 2.48. The first-order valence-corrected chi connectivity index (χ1v) is 7.81. The van der Waals surface area contributed by atoms with Gasteiger partial charge < -0.3 is 9.64 Å². The highest BCUT2D eigenvalue weighted by atomic mass is 19.4. The van der Waals surface area contributed by atoms with Gasteiger partial charge in [-0.1, -0.05) is 6.07 Å². The van der Waals surface area contributed by atoms with Gasteiger partial charge in [0, 0.05) is 25.9 Å². The fourth-order valence-electron chi connectivity index (χ4n) is 3.51. The third-order valence-electron chi connectivity index (χ3n) is 4.73. The molecule has 3 rings (SSSR count). The van der Waals surface area contributed by atoms with E-state index in [1.165, 1.54) is 0 Å². The number of ketones is 1. The lowest BCUT2D eigenvalue weighted by molar-refractivity contribution is -0.188. The summed E-state index contributed by atoms with van der Waals surface area (Å²) < 4.78 is 43.7. The Bertz CT molecular complexity index is 704. The van der Waals surface area contributed by atoms with Gasteiger partial charge in [-0.05, 0) is 31.0 Å². The van der Waals surface area contributed by atoms with E-state index in [0.717, 1.165) is 16.0 Å². The summed E-state index contributed by atoms with van der Waals surface area (Å²) in [5, 5.41) is 0. The summed E-state index contributed by atoms with van der Waals surface area (Å²) in [5.41, 5.74) is 1.52. The Kier molecular flexibility index (Phi) is 3.85. The van der Waals surface area contributed by atoms with Crippen LogP contribution in [0.25, 0.3) is 0 Å². The van der Waals surface area contributed by atoms with E-state index in [1.807, 2.05) is 19.9 Å². The Hall–Kier alpha value is -2.05. The van der Waals surface area contributed by atoms with E-state index in [1.54, 1.807) is 6.07 Å². The zero-order valence-corrected chi connectivity index (χ0v) is 13.5. The molecule has 1 amide bonds. The molecule has 4 nitrogen and oxygen atoms in total. The molecule has 1 spiro atoms. The number of halogens is 3. The number of benzene rings is 1. The highest BCUT2D eigenvalue weighted by Crippen LogP contribution is 2.41. The highest BCUT2D eigenvalue weighted by molar-refractivity contribution is 6.01. The van der Waals surface area contributed by atoms with E-state index in [9.17, 15) is 22.8 Å². The second kappa shape index (κ2) is 5.50. The van der Waals surface area contributed by atoms with Gasteiger partial charge in [0.15, 0.2) is 5.78 Å². The maximum Gasteiger partial charge on any atom is 0.471 e. The van der Waals surface area contributed by atoms with Gasteiger partial charge in [0.2, 0.25) is 0 Å². The van der Waals surface area contributed by atoms with Crippen molar-refractivity contribution in [1.29, 1.82) is 0 Å². The summed E-state index contributed by atoms with van der Waals surface area (Å²) in [5.74, 6) is -1.36. The lowest BCUT2D eigenvalue weighted by Crippen LogP contribution is -2.54. The van der Waals surface area contributed by atoms with Gasteiger partial charge in [0.05, 0.1) is 12.0 Å². The number of hydrogen-bond donors (Lipinski definition) is 0. The van der Waals surface area contributed by atoms with Crippen LogP contribution in [-0.4, -0.2) is 41.5 Å². The quantitative estimate of drug-likeness (QED) is 0.728. The van der Waals surface area contributed by atoms with Crippen LogP contribution >= 0.6 is 0 Å². The number of amides is 1.